The molecular weight excluding hydrogens is 350 g/mol. The topological polar surface area (TPSA) is 72.9 Å². The Morgan fingerprint density at radius 3 is 2.62 bits per heavy atom. The number of hydrogen-bond donors (Lipinski definition) is 2. The highest BCUT2D eigenvalue weighted by Crippen LogP contribution is 2.17. The van der Waals surface area contributed by atoms with E-state index in [2.05, 4.69) is 17.1 Å². The first kappa shape index (κ1) is 20.9. The number of hydrogen-bond acceptors (Lipinski definition) is 5. The van der Waals surface area contributed by atoms with Crippen molar-refractivity contribution in [1.82, 2.24) is 15.1 Å². The maximum atomic E-state index is 13.1. The summed E-state index contributed by atoms with van der Waals surface area (Å²) in [5.41, 5.74) is 0. The summed E-state index contributed by atoms with van der Waals surface area (Å²) >= 11 is 1.37. The van der Waals surface area contributed by atoms with Crippen LogP contribution in [-0.2, 0) is 4.79 Å². The third kappa shape index (κ3) is 5.28. The Bertz CT molecular complexity index is 589. The van der Waals surface area contributed by atoms with Crippen LogP contribution in [0.15, 0.2) is 17.5 Å². The largest absolute Gasteiger partial charge is 0.392 e. The van der Waals surface area contributed by atoms with E-state index in [0.29, 0.717) is 24.5 Å². The number of aliphatic hydroxyl groups is 1. The number of carbonyl (C=O) groups is 2. The molecule has 0 radical (unpaired) electrons. The van der Waals surface area contributed by atoms with Gasteiger partial charge in [-0.15, -0.1) is 11.3 Å². The van der Waals surface area contributed by atoms with Crippen LogP contribution in [0.3, 0.4) is 0 Å². The molecule has 1 saturated heterocycles. The second-order valence-electron chi connectivity index (χ2n) is 7.36. The van der Waals surface area contributed by atoms with E-state index in [4.69, 9.17) is 0 Å². The van der Waals surface area contributed by atoms with Crippen molar-refractivity contribution in [2.45, 2.75) is 52.3 Å². The predicted molar refractivity (Wildman–Crippen MR) is 104 cm³/mol. The summed E-state index contributed by atoms with van der Waals surface area (Å²) in [6.45, 7) is 10.4. The molecule has 2 rings (SSSR count). The molecule has 1 fully saturated rings. The molecule has 26 heavy (non-hydrogen) atoms. The zero-order valence-electron chi connectivity index (χ0n) is 16.1. The lowest BCUT2D eigenvalue weighted by molar-refractivity contribution is -0.137. The summed E-state index contributed by atoms with van der Waals surface area (Å²) in [6.07, 6.45) is 0.546. The minimum absolute atomic E-state index is 0.0138. The first-order chi connectivity index (χ1) is 12.3. The zero-order chi connectivity index (χ0) is 19.3. The molecule has 0 aromatic carbocycles. The van der Waals surface area contributed by atoms with E-state index < -0.39 is 6.04 Å². The fourth-order valence-electron chi connectivity index (χ4n) is 3.39. The van der Waals surface area contributed by atoms with Crippen molar-refractivity contribution in [2.75, 3.05) is 26.2 Å². The molecule has 2 heterocycles. The van der Waals surface area contributed by atoms with Gasteiger partial charge in [-0.1, -0.05) is 26.8 Å². The number of aliphatic hydroxyl groups excluding tert-OH is 1. The normalized spacial score (nSPS) is 20.8. The van der Waals surface area contributed by atoms with Crippen LogP contribution in [-0.4, -0.2) is 71.1 Å². The SMILES string of the molecule is CC[C@@H]1CN(C(=O)[C@H](NC(=O)c2cccs2)C(C)C)CCN1C[C@H](C)O. The fraction of sp³-hybridized carbons (Fsp3) is 0.684. The Kier molecular flexibility index (Phi) is 7.61. The summed E-state index contributed by atoms with van der Waals surface area (Å²) in [4.78, 5) is 30.2. The molecule has 2 amide bonds. The lowest BCUT2D eigenvalue weighted by Gasteiger charge is -2.43. The number of nitrogens with one attached hydrogen (secondary N) is 1. The van der Waals surface area contributed by atoms with Crippen LogP contribution in [0, 0.1) is 5.92 Å². The smallest absolute Gasteiger partial charge is 0.262 e. The van der Waals surface area contributed by atoms with Gasteiger partial charge in [0.05, 0.1) is 11.0 Å². The average molecular weight is 382 g/mol. The van der Waals surface area contributed by atoms with Crippen molar-refractivity contribution in [3.8, 4) is 0 Å². The molecule has 146 valence electrons. The van der Waals surface area contributed by atoms with E-state index in [1.807, 2.05) is 30.2 Å². The van der Waals surface area contributed by atoms with Crippen LogP contribution < -0.4 is 5.32 Å². The van der Waals surface area contributed by atoms with E-state index in [0.717, 1.165) is 13.0 Å². The Morgan fingerprint density at radius 2 is 2.08 bits per heavy atom. The van der Waals surface area contributed by atoms with Crippen LogP contribution in [0.1, 0.15) is 43.8 Å². The molecule has 3 atom stereocenters. The van der Waals surface area contributed by atoms with Crippen LogP contribution in [0.2, 0.25) is 0 Å². The molecule has 1 aromatic rings. The number of piperazine rings is 1. The molecule has 0 bridgehead atoms. The van der Waals surface area contributed by atoms with E-state index in [-0.39, 0.29) is 29.9 Å². The van der Waals surface area contributed by atoms with Crippen LogP contribution in [0.5, 0.6) is 0 Å². The third-order valence-corrected chi connectivity index (χ3v) is 5.72. The monoisotopic (exact) mass is 381 g/mol. The Hall–Kier alpha value is -1.44. The van der Waals surface area contributed by atoms with Crippen molar-refractivity contribution in [3.63, 3.8) is 0 Å². The molecule has 0 spiro atoms. The molecular formula is C19H31N3O3S. The maximum absolute atomic E-state index is 13.1. The maximum Gasteiger partial charge on any atom is 0.262 e. The molecule has 0 saturated carbocycles. The quantitative estimate of drug-likeness (QED) is 0.755. The lowest BCUT2D eigenvalue weighted by atomic mass is 10.0. The highest BCUT2D eigenvalue weighted by molar-refractivity contribution is 7.12. The minimum atomic E-state index is -0.523. The Balaban J connectivity index is 2.03. The van der Waals surface area contributed by atoms with Gasteiger partial charge in [0, 0.05) is 32.2 Å². The van der Waals surface area contributed by atoms with Crippen molar-refractivity contribution >= 4 is 23.2 Å². The van der Waals surface area contributed by atoms with E-state index >= 15 is 0 Å². The van der Waals surface area contributed by atoms with Crippen LogP contribution in [0.4, 0.5) is 0 Å². The highest BCUT2D eigenvalue weighted by Gasteiger charge is 2.34. The summed E-state index contributed by atoms with van der Waals surface area (Å²) < 4.78 is 0. The standard InChI is InChI=1S/C19H31N3O3S/c1-5-15-12-22(9-8-21(15)11-14(4)23)19(25)17(13(2)3)20-18(24)16-7-6-10-26-16/h6-7,10,13-15,17,23H,5,8-9,11-12H2,1-4H3,(H,20,24)/t14-,15+,17+/m0/s1. The van der Waals surface area contributed by atoms with Crippen molar-refractivity contribution < 1.29 is 14.7 Å². The molecule has 0 aliphatic carbocycles. The summed E-state index contributed by atoms with van der Waals surface area (Å²) in [5.74, 6) is -0.186. The van der Waals surface area contributed by atoms with Gasteiger partial charge in [0.25, 0.3) is 5.91 Å². The molecule has 2 N–H and O–H groups in total. The number of β-amino-alcohol motifs (C(OH)–C–C–N with tert-alkyl or cyclic N) is 1. The van der Waals surface area contributed by atoms with Gasteiger partial charge in [0.15, 0.2) is 0 Å². The number of thiophene rings is 1. The first-order valence-corrected chi connectivity index (χ1v) is 10.3. The van der Waals surface area contributed by atoms with Gasteiger partial charge in [0.1, 0.15) is 6.04 Å². The van der Waals surface area contributed by atoms with E-state index in [1.165, 1.54) is 11.3 Å². The number of carbonyl (C=O) groups excluding carboxylic acids is 2. The Morgan fingerprint density at radius 1 is 1.35 bits per heavy atom. The number of nitrogens with zero attached hydrogens (tertiary/aromatic N) is 2. The number of rotatable bonds is 7. The summed E-state index contributed by atoms with van der Waals surface area (Å²) in [5, 5.41) is 14.4. The van der Waals surface area contributed by atoms with Gasteiger partial charge >= 0.3 is 0 Å². The average Bonchev–Trinajstić information content (AvgIpc) is 3.13. The molecule has 1 aliphatic rings. The van der Waals surface area contributed by atoms with Gasteiger partial charge in [-0.05, 0) is 30.7 Å². The molecule has 1 aromatic heterocycles. The second-order valence-corrected chi connectivity index (χ2v) is 8.31. The first-order valence-electron chi connectivity index (χ1n) is 9.38. The van der Waals surface area contributed by atoms with Gasteiger partial charge in [-0.2, -0.15) is 0 Å². The summed E-state index contributed by atoms with van der Waals surface area (Å²) in [6, 6.07) is 3.32. The van der Waals surface area contributed by atoms with Crippen molar-refractivity contribution in [2.24, 2.45) is 5.92 Å². The van der Waals surface area contributed by atoms with Crippen molar-refractivity contribution in [1.29, 1.82) is 0 Å². The van der Waals surface area contributed by atoms with E-state index in [1.54, 1.807) is 13.0 Å². The van der Waals surface area contributed by atoms with Crippen molar-refractivity contribution in [3.05, 3.63) is 22.4 Å². The minimum Gasteiger partial charge on any atom is -0.392 e. The zero-order valence-corrected chi connectivity index (χ0v) is 17.0. The fourth-order valence-corrected chi connectivity index (χ4v) is 4.02. The predicted octanol–water partition coefficient (Wildman–Crippen LogP) is 1.81. The van der Waals surface area contributed by atoms with Gasteiger partial charge in [0.2, 0.25) is 5.91 Å². The van der Waals surface area contributed by atoms with Gasteiger partial charge in [-0.25, -0.2) is 0 Å². The van der Waals surface area contributed by atoms with Crippen LogP contribution in [0.25, 0.3) is 0 Å². The van der Waals surface area contributed by atoms with Gasteiger partial charge < -0.3 is 15.3 Å². The molecule has 0 unspecified atom stereocenters. The molecule has 7 heteroatoms. The third-order valence-electron chi connectivity index (χ3n) is 4.85. The molecule has 6 nitrogen and oxygen atoms in total. The lowest BCUT2D eigenvalue weighted by Crippen LogP contribution is -2.60. The van der Waals surface area contributed by atoms with Gasteiger partial charge in [-0.3, -0.25) is 14.5 Å². The van der Waals surface area contributed by atoms with E-state index in [9.17, 15) is 14.7 Å². The second kappa shape index (κ2) is 9.48. The Labute approximate surface area is 160 Å². The number of amides is 2. The summed E-state index contributed by atoms with van der Waals surface area (Å²) in [7, 11) is 0. The molecule has 1 aliphatic heterocycles. The highest BCUT2D eigenvalue weighted by atomic mass is 32.1. The van der Waals surface area contributed by atoms with Crippen LogP contribution >= 0.6 is 11.3 Å².